The van der Waals surface area contributed by atoms with E-state index in [0.29, 0.717) is 44.6 Å². The van der Waals surface area contributed by atoms with E-state index in [2.05, 4.69) is 16.0 Å². The van der Waals surface area contributed by atoms with E-state index in [4.69, 9.17) is 14.6 Å². The number of rotatable bonds is 13. The largest absolute Gasteiger partial charge is 0.394 e. The molecule has 0 aliphatic carbocycles. The van der Waals surface area contributed by atoms with Crippen molar-refractivity contribution in [3.05, 3.63) is 0 Å². The van der Waals surface area contributed by atoms with Crippen LogP contribution in [0.1, 0.15) is 25.7 Å². The summed E-state index contributed by atoms with van der Waals surface area (Å²) in [5.41, 5.74) is 0. The lowest BCUT2D eigenvalue weighted by molar-refractivity contribution is -0.121. The van der Waals surface area contributed by atoms with Crippen molar-refractivity contribution in [3.8, 4) is 0 Å². The smallest absolute Gasteiger partial charge is 0.315 e. The van der Waals surface area contributed by atoms with Gasteiger partial charge in [0.25, 0.3) is 0 Å². The van der Waals surface area contributed by atoms with Gasteiger partial charge in [0.1, 0.15) is 0 Å². The van der Waals surface area contributed by atoms with Crippen LogP contribution in [0.3, 0.4) is 0 Å². The van der Waals surface area contributed by atoms with Gasteiger partial charge in [0.05, 0.1) is 45.1 Å². The van der Waals surface area contributed by atoms with Crippen LogP contribution in [0.2, 0.25) is 0 Å². The van der Waals surface area contributed by atoms with Gasteiger partial charge in [0, 0.05) is 24.0 Å². The molecule has 25 heavy (non-hydrogen) atoms. The van der Waals surface area contributed by atoms with Gasteiger partial charge < -0.3 is 30.5 Å². The van der Waals surface area contributed by atoms with Gasteiger partial charge in [-0.1, -0.05) is 6.42 Å². The molecule has 8 nitrogen and oxygen atoms in total. The van der Waals surface area contributed by atoms with Gasteiger partial charge in [-0.2, -0.15) is 11.8 Å². The maximum absolute atomic E-state index is 11.7. The fraction of sp³-hybridized carbons (Fsp3) is 0.875. The van der Waals surface area contributed by atoms with Gasteiger partial charge in [-0.25, -0.2) is 4.79 Å². The van der Waals surface area contributed by atoms with E-state index in [0.717, 1.165) is 25.0 Å². The van der Waals surface area contributed by atoms with Crippen LogP contribution >= 0.6 is 11.8 Å². The minimum Gasteiger partial charge on any atom is -0.394 e. The van der Waals surface area contributed by atoms with E-state index in [1.807, 2.05) is 11.8 Å². The number of hydrogen-bond acceptors (Lipinski definition) is 6. The topological polar surface area (TPSA) is 109 Å². The van der Waals surface area contributed by atoms with Crippen LogP contribution in [0.5, 0.6) is 0 Å². The average Bonchev–Trinajstić information content (AvgIpc) is 3.13. The number of ether oxygens (including phenoxy) is 2. The molecule has 2 rings (SSSR count). The van der Waals surface area contributed by atoms with Crippen LogP contribution in [-0.2, 0) is 14.3 Å². The number of hydrogen-bond donors (Lipinski definition) is 4. The maximum atomic E-state index is 11.7. The Hall–Kier alpha value is -1.03. The number of carbonyl (C=O) groups excluding carboxylic acids is 2. The van der Waals surface area contributed by atoms with Gasteiger partial charge in [-0.3, -0.25) is 4.79 Å². The van der Waals surface area contributed by atoms with E-state index >= 15 is 0 Å². The van der Waals surface area contributed by atoms with Crippen molar-refractivity contribution in [2.45, 2.75) is 43.0 Å². The van der Waals surface area contributed by atoms with Crippen molar-refractivity contribution in [2.75, 3.05) is 45.3 Å². The highest BCUT2D eigenvalue weighted by Gasteiger charge is 2.42. The standard InChI is InChI=1S/C16H29N3O5S/c20-6-8-24-10-9-23-7-5-17-14(21)4-2-1-3-13-15-12(11-25-13)18-16(22)19-15/h12-13,15,20H,1-11H2,(H,17,21)(H2,18,19,22)/t12-,13?,15-/m1/s1. The zero-order chi connectivity index (χ0) is 17.9. The van der Waals surface area contributed by atoms with Crippen LogP contribution in [0.15, 0.2) is 0 Å². The third-order valence-corrected chi connectivity index (χ3v) is 5.77. The van der Waals surface area contributed by atoms with E-state index in [1.165, 1.54) is 0 Å². The monoisotopic (exact) mass is 375 g/mol. The summed E-state index contributed by atoms with van der Waals surface area (Å²) in [5, 5.41) is 17.7. The first kappa shape index (κ1) is 20.3. The first-order valence-corrected chi connectivity index (χ1v) is 9.97. The Morgan fingerprint density at radius 3 is 2.80 bits per heavy atom. The molecule has 9 heteroatoms. The molecule has 0 spiro atoms. The molecule has 0 aromatic carbocycles. The fourth-order valence-electron chi connectivity index (χ4n) is 3.01. The molecule has 2 aliphatic heterocycles. The zero-order valence-corrected chi connectivity index (χ0v) is 15.3. The normalized spacial score (nSPS) is 24.7. The van der Waals surface area contributed by atoms with Crippen LogP contribution in [0.4, 0.5) is 4.79 Å². The Morgan fingerprint density at radius 1 is 1.20 bits per heavy atom. The Balaban J connectivity index is 1.41. The maximum Gasteiger partial charge on any atom is 0.315 e. The summed E-state index contributed by atoms with van der Waals surface area (Å²) in [5.74, 6) is 1.02. The number of urea groups is 1. The van der Waals surface area contributed by atoms with Crippen LogP contribution in [0, 0.1) is 0 Å². The predicted octanol–water partition coefficient (Wildman–Crippen LogP) is -0.146. The number of nitrogens with one attached hydrogen (secondary N) is 3. The van der Waals surface area contributed by atoms with Crippen molar-refractivity contribution < 1.29 is 24.2 Å². The summed E-state index contributed by atoms with van der Waals surface area (Å²) in [6.45, 7) is 2.21. The molecule has 2 heterocycles. The van der Waals surface area contributed by atoms with E-state index < -0.39 is 0 Å². The van der Waals surface area contributed by atoms with Crippen molar-refractivity contribution in [1.29, 1.82) is 0 Å². The van der Waals surface area contributed by atoms with Gasteiger partial charge in [-0.05, 0) is 12.8 Å². The fourth-order valence-corrected chi connectivity index (χ4v) is 4.56. The predicted molar refractivity (Wildman–Crippen MR) is 95.7 cm³/mol. The second-order valence-electron chi connectivity index (χ2n) is 6.17. The van der Waals surface area contributed by atoms with Crippen molar-refractivity contribution in [3.63, 3.8) is 0 Å². The molecular weight excluding hydrogens is 346 g/mol. The van der Waals surface area contributed by atoms with Gasteiger partial charge in [0.2, 0.25) is 5.91 Å². The summed E-state index contributed by atoms with van der Waals surface area (Å²) < 4.78 is 10.4. The molecule has 0 radical (unpaired) electrons. The molecule has 0 aromatic heterocycles. The average molecular weight is 375 g/mol. The van der Waals surface area contributed by atoms with Gasteiger partial charge in [0.15, 0.2) is 0 Å². The lowest BCUT2D eigenvalue weighted by Gasteiger charge is -2.16. The number of fused-ring (bicyclic) bond motifs is 1. The number of carbonyl (C=O) groups is 2. The number of amides is 3. The Labute approximate surface area is 152 Å². The summed E-state index contributed by atoms with van der Waals surface area (Å²) in [6, 6.07) is 0.450. The molecule has 0 saturated carbocycles. The molecule has 0 aromatic rings. The highest BCUT2D eigenvalue weighted by atomic mass is 32.2. The van der Waals surface area contributed by atoms with Crippen LogP contribution in [0.25, 0.3) is 0 Å². The first-order valence-electron chi connectivity index (χ1n) is 8.92. The van der Waals surface area contributed by atoms with Gasteiger partial charge >= 0.3 is 6.03 Å². The number of aliphatic hydroxyl groups excluding tert-OH is 1. The summed E-state index contributed by atoms with van der Waals surface area (Å²) in [7, 11) is 0. The van der Waals surface area contributed by atoms with Crippen LogP contribution in [-0.4, -0.2) is 79.7 Å². The number of unbranched alkanes of at least 4 members (excludes halogenated alkanes) is 1. The minimum absolute atomic E-state index is 0.0161. The number of thioether (sulfide) groups is 1. The first-order chi connectivity index (χ1) is 12.2. The highest BCUT2D eigenvalue weighted by molar-refractivity contribution is 8.00. The molecular formula is C16H29N3O5S. The van der Waals surface area contributed by atoms with Crippen LogP contribution < -0.4 is 16.0 Å². The summed E-state index contributed by atoms with van der Waals surface area (Å²) >= 11 is 1.90. The molecule has 2 aliphatic rings. The second-order valence-corrected chi connectivity index (χ2v) is 7.44. The SMILES string of the molecule is O=C(CCCCC1SC[C@H]2NC(=O)N[C@@H]12)NCCOCCOCCO. The highest BCUT2D eigenvalue weighted by Crippen LogP contribution is 2.33. The molecule has 4 N–H and O–H groups in total. The minimum atomic E-state index is -0.0538. The summed E-state index contributed by atoms with van der Waals surface area (Å²) in [4.78, 5) is 23.1. The zero-order valence-electron chi connectivity index (χ0n) is 14.5. The molecule has 3 amide bonds. The lowest BCUT2D eigenvalue weighted by atomic mass is 10.0. The Bertz CT molecular complexity index is 427. The van der Waals surface area contributed by atoms with Crippen molar-refractivity contribution in [1.82, 2.24) is 16.0 Å². The van der Waals surface area contributed by atoms with Crippen molar-refractivity contribution >= 4 is 23.7 Å². The van der Waals surface area contributed by atoms with Crippen molar-refractivity contribution in [2.24, 2.45) is 0 Å². The van der Waals surface area contributed by atoms with E-state index in [-0.39, 0.29) is 30.6 Å². The molecule has 144 valence electrons. The third kappa shape index (κ3) is 7.39. The quantitative estimate of drug-likeness (QED) is 0.263. The molecule has 3 atom stereocenters. The summed E-state index contributed by atoms with van der Waals surface area (Å²) in [6.07, 6.45) is 3.40. The molecule has 0 bridgehead atoms. The third-order valence-electron chi connectivity index (χ3n) is 4.26. The molecule has 1 unspecified atom stereocenters. The van der Waals surface area contributed by atoms with E-state index in [9.17, 15) is 9.59 Å². The Morgan fingerprint density at radius 2 is 2.00 bits per heavy atom. The van der Waals surface area contributed by atoms with Gasteiger partial charge in [-0.15, -0.1) is 0 Å². The number of aliphatic hydroxyl groups is 1. The Kier molecular flexibility index (Phi) is 9.38. The lowest BCUT2D eigenvalue weighted by Crippen LogP contribution is -2.36. The second kappa shape index (κ2) is 11.6. The van der Waals surface area contributed by atoms with E-state index in [1.54, 1.807) is 0 Å². The molecule has 2 fully saturated rings. The molecule has 2 saturated heterocycles.